The van der Waals surface area contributed by atoms with Gasteiger partial charge in [0.05, 0.1) is 34.5 Å². The first kappa shape index (κ1) is 24.7. The molecular weight excluding hydrogens is 412 g/mol. The fourth-order valence-corrected chi connectivity index (χ4v) is 3.11. The van der Waals surface area contributed by atoms with E-state index in [9.17, 15) is 9.59 Å². The number of anilines is 1. The van der Waals surface area contributed by atoms with Gasteiger partial charge in [-0.25, -0.2) is 4.79 Å². The minimum Gasteiger partial charge on any atom is -0.493 e. The summed E-state index contributed by atoms with van der Waals surface area (Å²) in [6.45, 7) is 2.75. The van der Waals surface area contributed by atoms with Crippen molar-refractivity contribution in [3.8, 4) is 17.2 Å². The number of carbonyl (C=O) groups is 2. The molecule has 0 atom stereocenters. The van der Waals surface area contributed by atoms with Crippen LogP contribution in [0, 0.1) is 0 Å². The molecule has 0 spiro atoms. The Morgan fingerprint density at radius 3 is 2.25 bits per heavy atom. The van der Waals surface area contributed by atoms with E-state index in [2.05, 4.69) is 5.32 Å². The van der Waals surface area contributed by atoms with Crippen LogP contribution in [0.2, 0.25) is 0 Å². The second-order valence-electron chi connectivity index (χ2n) is 6.92. The van der Waals surface area contributed by atoms with Gasteiger partial charge in [-0.3, -0.25) is 9.69 Å². The Morgan fingerprint density at radius 2 is 1.66 bits per heavy atom. The van der Waals surface area contributed by atoms with Gasteiger partial charge in [-0.15, -0.1) is 0 Å². The first-order valence-corrected chi connectivity index (χ1v) is 10.1. The molecule has 0 aliphatic carbocycles. The molecule has 0 aliphatic rings. The summed E-state index contributed by atoms with van der Waals surface area (Å²) in [4.78, 5) is 25.7. The van der Waals surface area contributed by atoms with Crippen molar-refractivity contribution in [3.63, 3.8) is 0 Å². The average molecular weight is 443 g/mol. The van der Waals surface area contributed by atoms with Crippen molar-refractivity contribution in [2.45, 2.75) is 13.5 Å². The van der Waals surface area contributed by atoms with Crippen LogP contribution in [0.3, 0.4) is 0 Å². The summed E-state index contributed by atoms with van der Waals surface area (Å²) in [5.74, 6) is 1.13. The number of carbonyl (C=O) groups excluding carboxylic acids is 2. The number of nitrogens with zero attached hydrogens (tertiary/aromatic N) is 1. The number of hydrogen-bond donors (Lipinski definition) is 1. The molecule has 0 bridgehead atoms. The SMILES string of the molecule is CCOC(=O)/C=C/c1ccc(NC(=O)CN(C)Cc2ccc(OC)c(OC)c2OC)cc1. The van der Waals surface area contributed by atoms with Crippen molar-refractivity contribution in [1.29, 1.82) is 0 Å². The molecule has 2 aromatic rings. The molecule has 0 unspecified atom stereocenters. The summed E-state index contributed by atoms with van der Waals surface area (Å²) in [6, 6.07) is 10.9. The van der Waals surface area contributed by atoms with E-state index in [1.54, 1.807) is 46.5 Å². The van der Waals surface area contributed by atoms with E-state index in [1.165, 1.54) is 6.08 Å². The molecule has 1 amide bonds. The van der Waals surface area contributed by atoms with E-state index in [-0.39, 0.29) is 18.4 Å². The summed E-state index contributed by atoms with van der Waals surface area (Å²) < 4.78 is 21.1. The molecule has 0 saturated heterocycles. The maximum absolute atomic E-state index is 12.5. The van der Waals surface area contributed by atoms with Gasteiger partial charge in [-0.2, -0.15) is 0 Å². The molecule has 8 heteroatoms. The number of ether oxygens (including phenoxy) is 4. The second kappa shape index (κ2) is 12.4. The monoisotopic (exact) mass is 442 g/mol. The Morgan fingerprint density at radius 1 is 0.969 bits per heavy atom. The van der Waals surface area contributed by atoms with Crippen LogP contribution in [0.15, 0.2) is 42.5 Å². The van der Waals surface area contributed by atoms with E-state index in [4.69, 9.17) is 18.9 Å². The molecule has 0 aliphatic heterocycles. The molecule has 2 aromatic carbocycles. The highest BCUT2D eigenvalue weighted by atomic mass is 16.5. The summed E-state index contributed by atoms with van der Waals surface area (Å²) in [7, 11) is 6.54. The fraction of sp³-hybridized carbons (Fsp3) is 0.333. The van der Waals surface area contributed by atoms with Gasteiger partial charge in [0, 0.05) is 23.9 Å². The van der Waals surface area contributed by atoms with Crippen LogP contribution in [0.4, 0.5) is 5.69 Å². The molecule has 2 rings (SSSR count). The first-order valence-electron chi connectivity index (χ1n) is 10.1. The lowest BCUT2D eigenvalue weighted by molar-refractivity contribution is -0.137. The number of hydrogen-bond acceptors (Lipinski definition) is 7. The minimum atomic E-state index is -0.390. The molecule has 0 radical (unpaired) electrons. The van der Waals surface area contributed by atoms with Crippen molar-refractivity contribution in [1.82, 2.24) is 4.90 Å². The van der Waals surface area contributed by atoms with Gasteiger partial charge >= 0.3 is 5.97 Å². The van der Waals surface area contributed by atoms with Crippen molar-refractivity contribution in [3.05, 3.63) is 53.6 Å². The third kappa shape index (κ3) is 7.02. The lowest BCUT2D eigenvalue weighted by Crippen LogP contribution is -2.30. The third-order valence-corrected chi connectivity index (χ3v) is 4.53. The maximum atomic E-state index is 12.5. The second-order valence-corrected chi connectivity index (χ2v) is 6.92. The standard InChI is InChI=1S/C24H30N2O6/c1-6-32-22(28)14-9-17-7-11-19(12-8-17)25-21(27)16-26(2)15-18-10-13-20(29-3)24(31-5)23(18)30-4/h7-14H,6,15-16H2,1-5H3,(H,25,27)/b14-9+. The molecule has 1 N–H and O–H groups in total. The Balaban J connectivity index is 1.95. The van der Waals surface area contributed by atoms with Gasteiger partial charge in [-0.05, 0) is 43.8 Å². The summed E-state index contributed by atoms with van der Waals surface area (Å²) in [5.41, 5.74) is 2.37. The first-order chi connectivity index (χ1) is 15.4. The van der Waals surface area contributed by atoms with Gasteiger partial charge in [0.15, 0.2) is 11.5 Å². The predicted molar refractivity (Wildman–Crippen MR) is 123 cm³/mol. The zero-order valence-corrected chi connectivity index (χ0v) is 19.1. The molecule has 0 heterocycles. The fourth-order valence-electron chi connectivity index (χ4n) is 3.11. The molecule has 32 heavy (non-hydrogen) atoms. The van der Waals surface area contributed by atoms with Crippen molar-refractivity contribution < 1.29 is 28.5 Å². The Hall–Kier alpha value is -3.52. The normalized spacial score (nSPS) is 10.8. The summed E-state index contributed by atoms with van der Waals surface area (Å²) in [6.07, 6.45) is 3.03. The largest absolute Gasteiger partial charge is 0.493 e. The lowest BCUT2D eigenvalue weighted by atomic mass is 10.1. The van der Waals surface area contributed by atoms with Crippen LogP contribution in [-0.4, -0.2) is 58.3 Å². The zero-order valence-electron chi connectivity index (χ0n) is 19.1. The van der Waals surface area contributed by atoms with Gasteiger partial charge < -0.3 is 24.3 Å². The average Bonchev–Trinajstić information content (AvgIpc) is 2.78. The van der Waals surface area contributed by atoms with E-state index < -0.39 is 0 Å². The van der Waals surface area contributed by atoms with E-state index in [0.29, 0.717) is 36.1 Å². The Kier molecular flexibility index (Phi) is 9.56. The van der Waals surface area contributed by atoms with E-state index in [1.807, 2.05) is 36.2 Å². The van der Waals surface area contributed by atoms with Crippen LogP contribution in [0.25, 0.3) is 6.08 Å². The highest BCUT2D eigenvalue weighted by molar-refractivity contribution is 5.92. The molecule has 0 aromatic heterocycles. The molecular formula is C24H30N2O6. The highest BCUT2D eigenvalue weighted by Gasteiger charge is 2.17. The zero-order chi connectivity index (χ0) is 23.5. The number of rotatable bonds is 11. The van der Waals surface area contributed by atoms with E-state index in [0.717, 1.165) is 11.1 Å². The van der Waals surface area contributed by atoms with Gasteiger partial charge in [0.1, 0.15) is 0 Å². The number of amides is 1. The number of nitrogens with one attached hydrogen (secondary N) is 1. The Labute approximate surface area is 188 Å². The summed E-state index contributed by atoms with van der Waals surface area (Å²) >= 11 is 0. The van der Waals surface area contributed by atoms with Crippen LogP contribution >= 0.6 is 0 Å². The topological polar surface area (TPSA) is 86.3 Å². The molecule has 0 fully saturated rings. The summed E-state index contributed by atoms with van der Waals surface area (Å²) in [5, 5.41) is 2.87. The van der Waals surface area contributed by atoms with Crippen molar-refractivity contribution >= 4 is 23.6 Å². The third-order valence-electron chi connectivity index (χ3n) is 4.53. The van der Waals surface area contributed by atoms with Crippen LogP contribution < -0.4 is 19.5 Å². The number of methoxy groups -OCH3 is 3. The van der Waals surface area contributed by atoms with Crippen LogP contribution in [0.1, 0.15) is 18.1 Å². The highest BCUT2D eigenvalue weighted by Crippen LogP contribution is 2.40. The maximum Gasteiger partial charge on any atom is 0.330 e. The van der Waals surface area contributed by atoms with Gasteiger partial charge in [0.25, 0.3) is 0 Å². The quantitative estimate of drug-likeness (QED) is 0.422. The van der Waals surface area contributed by atoms with Crippen LogP contribution in [0.5, 0.6) is 17.2 Å². The van der Waals surface area contributed by atoms with Crippen LogP contribution in [-0.2, 0) is 20.9 Å². The van der Waals surface area contributed by atoms with Crippen molar-refractivity contribution in [2.75, 3.05) is 46.8 Å². The lowest BCUT2D eigenvalue weighted by Gasteiger charge is -2.20. The van der Waals surface area contributed by atoms with E-state index >= 15 is 0 Å². The molecule has 8 nitrogen and oxygen atoms in total. The smallest absolute Gasteiger partial charge is 0.330 e. The van der Waals surface area contributed by atoms with Gasteiger partial charge in [-0.1, -0.05) is 18.2 Å². The van der Waals surface area contributed by atoms with Gasteiger partial charge in [0.2, 0.25) is 11.7 Å². The predicted octanol–water partition coefficient (Wildman–Crippen LogP) is 3.36. The minimum absolute atomic E-state index is 0.151. The van der Waals surface area contributed by atoms with Crippen molar-refractivity contribution in [2.24, 2.45) is 0 Å². The molecule has 172 valence electrons. The number of esters is 1. The number of benzene rings is 2. The number of likely N-dealkylation sites (N-methyl/N-ethyl adjacent to an activating group) is 1. The molecule has 0 saturated carbocycles. The Bertz CT molecular complexity index is 940.